The molecule has 4 heteroatoms. The molecule has 0 aliphatic rings. The third kappa shape index (κ3) is 1.09. The summed E-state index contributed by atoms with van der Waals surface area (Å²) in [5, 5.41) is 8.30. The molecule has 4 nitrogen and oxygen atoms in total. The van der Waals surface area contributed by atoms with Gasteiger partial charge < -0.3 is 4.98 Å². The average Bonchev–Trinajstić information content (AvgIpc) is 2.34. The molecule has 0 radical (unpaired) electrons. The van der Waals surface area contributed by atoms with E-state index in [4.69, 9.17) is 5.21 Å². The predicted molar refractivity (Wildman–Crippen MR) is 35.4 cm³/mol. The average molecular weight is 125 g/mol. The zero-order valence-electron chi connectivity index (χ0n) is 4.76. The summed E-state index contributed by atoms with van der Waals surface area (Å²) in [7, 11) is 0. The molecule has 0 aliphatic carbocycles. The molecular weight excluding hydrogens is 118 g/mol. The molecule has 9 heavy (non-hydrogen) atoms. The van der Waals surface area contributed by atoms with E-state index in [-0.39, 0.29) is 0 Å². The lowest BCUT2D eigenvalue weighted by Crippen LogP contribution is -1.86. The van der Waals surface area contributed by atoms with Gasteiger partial charge in [0.1, 0.15) is 11.6 Å². The van der Waals surface area contributed by atoms with Gasteiger partial charge in [0.2, 0.25) is 0 Å². The van der Waals surface area contributed by atoms with Crippen LogP contribution in [0.2, 0.25) is 0 Å². The number of rotatable bonds is 2. The number of nitrogens with one attached hydrogen (secondary N) is 2. The van der Waals surface area contributed by atoms with Crippen molar-refractivity contribution in [2.45, 2.75) is 0 Å². The van der Waals surface area contributed by atoms with E-state index in [0.29, 0.717) is 11.6 Å². The zero-order chi connectivity index (χ0) is 6.69. The van der Waals surface area contributed by atoms with Crippen molar-refractivity contribution in [1.82, 2.24) is 4.98 Å². The maximum Gasteiger partial charge on any atom is 0.130 e. The normalized spacial score (nSPS) is 9.00. The van der Waals surface area contributed by atoms with Gasteiger partial charge in [-0.1, -0.05) is 0 Å². The van der Waals surface area contributed by atoms with Crippen LogP contribution < -0.4 is 5.48 Å². The van der Waals surface area contributed by atoms with Crippen molar-refractivity contribution in [2.24, 2.45) is 4.99 Å². The summed E-state index contributed by atoms with van der Waals surface area (Å²) < 4.78 is 0. The second-order valence-corrected chi connectivity index (χ2v) is 1.53. The van der Waals surface area contributed by atoms with Gasteiger partial charge in [-0.2, -0.15) is 0 Å². The summed E-state index contributed by atoms with van der Waals surface area (Å²) in [4.78, 5) is 6.30. The molecule has 0 saturated carbocycles. The third-order valence-corrected chi connectivity index (χ3v) is 0.961. The molecule has 0 spiro atoms. The number of aromatic nitrogens is 1. The fourth-order valence-electron chi connectivity index (χ4n) is 0.541. The molecule has 0 amide bonds. The quantitative estimate of drug-likeness (QED) is 0.410. The monoisotopic (exact) mass is 125 g/mol. The summed E-state index contributed by atoms with van der Waals surface area (Å²) in [6.45, 7) is 3.29. The highest BCUT2D eigenvalue weighted by molar-refractivity contribution is 5.47. The number of hydrogen-bond donors (Lipinski definition) is 3. The molecule has 48 valence electrons. The van der Waals surface area contributed by atoms with Gasteiger partial charge in [0.25, 0.3) is 0 Å². The molecule has 0 aromatic carbocycles. The van der Waals surface area contributed by atoms with E-state index in [0.717, 1.165) is 0 Å². The second kappa shape index (κ2) is 2.32. The van der Waals surface area contributed by atoms with E-state index in [1.165, 1.54) is 0 Å². The van der Waals surface area contributed by atoms with Gasteiger partial charge in [0.05, 0.1) is 0 Å². The Morgan fingerprint density at radius 3 is 2.78 bits per heavy atom. The van der Waals surface area contributed by atoms with Crippen molar-refractivity contribution in [2.75, 3.05) is 5.48 Å². The number of H-pyrrole nitrogens is 1. The van der Waals surface area contributed by atoms with Crippen molar-refractivity contribution < 1.29 is 5.21 Å². The second-order valence-electron chi connectivity index (χ2n) is 1.53. The van der Waals surface area contributed by atoms with Gasteiger partial charge in [0.15, 0.2) is 0 Å². The third-order valence-electron chi connectivity index (χ3n) is 0.961. The Morgan fingerprint density at radius 2 is 2.44 bits per heavy atom. The standard InChI is InChI=1S/C5H7N3O/c1-6-4-2-3-5(7-4)8-9/h2-3,7-9H,1H2. The van der Waals surface area contributed by atoms with Crippen molar-refractivity contribution in [3.63, 3.8) is 0 Å². The highest BCUT2D eigenvalue weighted by Crippen LogP contribution is 2.12. The summed E-state index contributed by atoms with van der Waals surface area (Å²) in [5.41, 5.74) is 1.94. The molecule has 0 bridgehead atoms. The van der Waals surface area contributed by atoms with Crippen LogP contribution in [0.4, 0.5) is 11.6 Å². The summed E-state index contributed by atoms with van der Waals surface area (Å²) >= 11 is 0. The molecule has 0 aliphatic heterocycles. The van der Waals surface area contributed by atoms with Gasteiger partial charge >= 0.3 is 0 Å². The molecule has 1 aromatic heterocycles. The van der Waals surface area contributed by atoms with E-state index in [1.54, 1.807) is 12.1 Å². The fraction of sp³-hybridized carbons (Fsp3) is 0. The van der Waals surface area contributed by atoms with Gasteiger partial charge in [0, 0.05) is 0 Å². The van der Waals surface area contributed by atoms with E-state index >= 15 is 0 Å². The SMILES string of the molecule is C=Nc1ccc(NO)[nH]1. The number of anilines is 1. The molecule has 0 fully saturated rings. The first kappa shape index (κ1) is 5.84. The van der Waals surface area contributed by atoms with E-state index in [9.17, 15) is 0 Å². The Hall–Kier alpha value is -1.29. The number of hydrogen-bond acceptors (Lipinski definition) is 3. The highest BCUT2D eigenvalue weighted by atomic mass is 16.5. The van der Waals surface area contributed by atoms with Gasteiger partial charge in [-0.25, -0.2) is 4.99 Å². The topological polar surface area (TPSA) is 60.4 Å². The Kier molecular flexibility index (Phi) is 1.51. The Morgan fingerprint density at radius 1 is 1.67 bits per heavy atom. The van der Waals surface area contributed by atoms with Crippen LogP contribution in [-0.2, 0) is 0 Å². The molecule has 1 rings (SSSR count). The van der Waals surface area contributed by atoms with Crippen LogP contribution in [0.25, 0.3) is 0 Å². The smallest absolute Gasteiger partial charge is 0.130 e. The number of aromatic amines is 1. The molecule has 0 saturated heterocycles. The Balaban J connectivity index is 2.86. The first-order chi connectivity index (χ1) is 4.36. The minimum absolute atomic E-state index is 0.511. The zero-order valence-corrected chi connectivity index (χ0v) is 4.76. The molecule has 1 heterocycles. The summed E-state index contributed by atoms with van der Waals surface area (Å²) in [5.74, 6) is 1.14. The van der Waals surface area contributed by atoms with E-state index < -0.39 is 0 Å². The molecular formula is C5H7N3O. The summed E-state index contributed by atoms with van der Waals surface area (Å²) in [6, 6.07) is 3.36. The van der Waals surface area contributed by atoms with Crippen LogP contribution in [0.1, 0.15) is 0 Å². The lowest BCUT2D eigenvalue weighted by molar-refractivity contribution is 0.386. The predicted octanol–water partition coefficient (Wildman–Crippen LogP) is 1.15. The number of nitrogens with zero attached hydrogens (tertiary/aromatic N) is 1. The van der Waals surface area contributed by atoms with Gasteiger partial charge in [-0.3, -0.25) is 10.7 Å². The largest absolute Gasteiger partial charge is 0.325 e. The van der Waals surface area contributed by atoms with Crippen LogP contribution in [0.5, 0.6) is 0 Å². The minimum Gasteiger partial charge on any atom is -0.325 e. The maximum atomic E-state index is 8.30. The van der Waals surface area contributed by atoms with Crippen LogP contribution in [0.3, 0.4) is 0 Å². The summed E-state index contributed by atoms with van der Waals surface area (Å²) in [6.07, 6.45) is 0. The highest BCUT2D eigenvalue weighted by Gasteiger charge is 1.90. The number of aliphatic imine (C=N–C) groups is 1. The first-order valence-corrected chi connectivity index (χ1v) is 2.42. The van der Waals surface area contributed by atoms with Crippen LogP contribution in [0.15, 0.2) is 17.1 Å². The maximum absolute atomic E-state index is 8.30. The molecule has 0 unspecified atom stereocenters. The van der Waals surface area contributed by atoms with Gasteiger partial charge in [-0.05, 0) is 18.9 Å². The van der Waals surface area contributed by atoms with Crippen LogP contribution >= 0.6 is 0 Å². The Bertz CT molecular complexity index is 206. The minimum atomic E-state index is 0.511. The van der Waals surface area contributed by atoms with Crippen molar-refractivity contribution >= 4 is 18.4 Å². The fourth-order valence-corrected chi connectivity index (χ4v) is 0.541. The van der Waals surface area contributed by atoms with Crippen LogP contribution in [-0.4, -0.2) is 16.9 Å². The Labute approximate surface area is 52.2 Å². The molecule has 0 atom stereocenters. The molecule has 1 aromatic rings. The van der Waals surface area contributed by atoms with Crippen molar-refractivity contribution in [3.8, 4) is 0 Å². The van der Waals surface area contributed by atoms with E-state index in [1.807, 2.05) is 5.48 Å². The van der Waals surface area contributed by atoms with Crippen molar-refractivity contribution in [1.29, 1.82) is 0 Å². The van der Waals surface area contributed by atoms with Crippen LogP contribution in [0, 0.1) is 0 Å². The lowest BCUT2D eigenvalue weighted by Gasteiger charge is -1.88. The van der Waals surface area contributed by atoms with E-state index in [2.05, 4.69) is 16.7 Å². The lowest BCUT2D eigenvalue weighted by atomic mass is 10.6. The first-order valence-electron chi connectivity index (χ1n) is 2.42. The van der Waals surface area contributed by atoms with Crippen molar-refractivity contribution in [3.05, 3.63) is 12.1 Å². The van der Waals surface area contributed by atoms with Gasteiger partial charge in [-0.15, -0.1) is 0 Å². The molecule has 3 N–H and O–H groups in total.